The van der Waals surface area contributed by atoms with E-state index in [4.69, 9.17) is 5.73 Å². The summed E-state index contributed by atoms with van der Waals surface area (Å²) in [4.78, 5) is 13.0. The largest absolute Gasteiger partial charge is 0.396 e. The van der Waals surface area contributed by atoms with Crippen LogP contribution in [0.25, 0.3) is 0 Å². The molecule has 0 amide bonds. The lowest BCUT2D eigenvalue weighted by Crippen LogP contribution is -2.14. The summed E-state index contributed by atoms with van der Waals surface area (Å²) in [5.41, 5.74) is 6.27. The molecule has 3 N–H and O–H groups in total. The van der Waals surface area contributed by atoms with Crippen molar-refractivity contribution in [2.45, 2.75) is 31.3 Å². The number of halogens is 3. The molecule has 0 radical (unpaired) electrons. The van der Waals surface area contributed by atoms with Gasteiger partial charge in [-0.05, 0) is 6.26 Å². The second-order valence-corrected chi connectivity index (χ2v) is 6.36. The van der Waals surface area contributed by atoms with E-state index in [1.165, 1.54) is 11.8 Å². The smallest absolute Gasteiger partial charge is 0.390 e. The number of hydrogen-bond donors (Lipinski definition) is 2. The highest BCUT2D eigenvalue weighted by Gasteiger charge is 2.27. The third kappa shape index (κ3) is 4.31. The first-order chi connectivity index (χ1) is 9.17. The van der Waals surface area contributed by atoms with E-state index in [0.29, 0.717) is 20.5 Å². The molecule has 0 aliphatic carbocycles. The van der Waals surface area contributed by atoms with Gasteiger partial charge in [0.1, 0.15) is 5.00 Å². The van der Waals surface area contributed by atoms with Crippen LogP contribution in [-0.2, 0) is 0 Å². The number of Topliss-reactive ketones (excluding diaryl/α,β-unsaturated/α-hetero) is 1. The number of nitrogens with two attached hydrogens (primary N) is 1. The number of hydrogen-bond acceptors (Lipinski definition) is 5. The molecule has 0 atom stereocenters. The Kier molecular flexibility index (Phi) is 5.76. The van der Waals surface area contributed by atoms with Gasteiger partial charge in [-0.3, -0.25) is 4.79 Å². The van der Waals surface area contributed by atoms with Crippen LogP contribution in [0.2, 0.25) is 0 Å². The molecule has 114 valence electrons. The number of alkyl halides is 3. The number of thiophene rings is 1. The molecule has 8 heteroatoms. The first-order valence-electron chi connectivity index (χ1n) is 5.98. The highest BCUT2D eigenvalue weighted by molar-refractivity contribution is 7.99. The van der Waals surface area contributed by atoms with Crippen molar-refractivity contribution in [1.82, 2.24) is 0 Å². The predicted octanol–water partition coefficient (Wildman–Crippen LogP) is 4.26. The van der Waals surface area contributed by atoms with Crippen LogP contribution < -0.4 is 11.1 Å². The maximum absolute atomic E-state index is 12.1. The van der Waals surface area contributed by atoms with Gasteiger partial charge in [0, 0.05) is 12.5 Å². The Labute approximate surface area is 124 Å². The average molecular weight is 326 g/mol. The van der Waals surface area contributed by atoms with Gasteiger partial charge < -0.3 is 11.1 Å². The van der Waals surface area contributed by atoms with Gasteiger partial charge in [-0.25, -0.2) is 0 Å². The first-order valence-corrected chi connectivity index (χ1v) is 8.02. The van der Waals surface area contributed by atoms with E-state index in [9.17, 15) is 18.0 Å². The van der Waals surface area contributed by atoms with Crippen molar-refractivity contribution in [3.8, 4) is 0 Å². The summed E-state index contributed by atoms with van der Waals surface area (Å²) in [7, 11) is 0. The minimum atomic E-state index is -4.20. The van der Waals surface area contributed by atoms with Gasteiger partial charge in [-0.15, -0.1) is 23.1 Å². The maximum Gasteiger partial charge on any atom is 0.390 e. The SMILES string of the molecule is CSc1c(NCCC(F)(F)F)sc(C(=O)C(C)C)c1N. The van der Waals surface area contributed by atoms with Gasteiger partial charge in [0.25, 0.3) is 0 Å². The van der Waals surface area contributed by atoms with Crippen LogP contribution in [0.4, 0.5) is 23.9 Å². The minimum absolute atomic E-state index is 0.0910. The molecule has 0 spiro atoms. The van der Waals surface area contributed by atoms with Gasteiger partial charge >= 0.3 is 6.18 Å². The number of nitrogens with one attached hydrogen (secondary N) is 1. The highest BCUT2D eigenvalue weighted by Crippen LogP contribution is 2.42. The number of ketones is 1. The van der Waals surface area contributed by atoms with Crippen molar-refractivity contribution < 1.29 is 18.0 Å². The molecule has 0 fully saturated rings. The van der Waals surface area contributed by atoms with Crippen molar-refractivity contribution >= 4 is 39.6 Å². The van der Waals surface area contributed by atoms with Crippen molar-refractivity contribution in [1.29, 1.82) is 0 Å². The summed E-state index contributed by atoms with van der Waals surface area (Å²) in [6.07, 6.45) is -3.35. The lowest BCUT2D eigenvalue weighted by Gasteiger charge is -2.08. The molecule has 0 saturated heterocycles. The summed E-state index contributed by atoms with van der Waals surface area (Å²) >= 11 is 2.44. The fourth-order valence-electron chi connectivity index (χ4n) is 1.51. The molecular formula is C12H17F3N2OS2. The van der Waals surface area contributed by atoms with E-state index in [1.807, 2.05) is 0 Å². The number of rotatable bonds is 6. The Hall–Kier alpha value is -0.890. The van der Waals surface area contributed by atoms with E-state index in [0.717, 1.165) is 11.3 Å². The lowest BCUT2D eigenvalue weighted by atomic mass is 10.1. The predicted molar refractivity (Wildman–Crippen MR) is 78.8 cm³/mol. The molecule has 0 bridgehead atoms. The Bertz CT molecular complexity index is 484. The van der Waals surface area contributed by atoms with Crippen LogP contribution >= 0.6 is 23.1 Å². The van der Waals surface area contributed by atoms with Gasteiger partial charge in [-0.2, -0.15) is 13.2 Å². The number of thioether (sulfide) groups is 1. The number of carbonyl (C=O) groups excluding carboxylic acids is 1. The minimum Gasteiger partial charge on any atom is -0.396 e. The monoisotopic (exact) mass is 326 g/mol. The molecule has 1 heterocycles. The summed E-state index contributed by atoms with van der Waals surface area (Å²) in [6, 6.07) is 0. The molecule has 0 aliphatic rings. The molecule has 0 unspecified atom stereocenters. The van der Waals surface area contributed by atoms with Crippen molar-refractivity contribution in [3.63, 3.8) is 0 Å². The number of carbonyl (C=O) groups is 1. The van der Waals surface area contributed by atoms with Crippen LogP contribution in [0.5, 0.6) is 0 Å². The molecule has 20 heavy (non-hydrogen) atoms. The fourth-order valence-corrected chi connectivity index (χ4v) is 3.66. The van der Waals surface area contributed by atoms with E-state index in [-0.39, 0.29) is 18.2 Å². The Morgan fingerprint density at radius 1 is 1.45 bits per heavy atom. The number of nitrogen functional groups attached to an aromatic ring is 1. The van der Waals surface area contributed by atoms with E-state index < -0.39 is 12.6 Å². The van der Waals surface area contributed by atoms with Gasteiger partial charge in [0.2, 0.25) is 0 Å². The first kappa shape index (κ1) is 17.2. The fraction of sp³-hybridized carbons (Fsp3) is 0.583. The van der Waals surface area contributed by atoms with Gasteiger partial charge in [0.15, 0.2) is 5.78 Å². The maximum atomic E-state index is 12.1. The molecule has 1 rings (SSSR count). The highest BCUT2D eigenvalue weighted by atomic mass is 32.2. The Morgan fingerprint density at radius 2 is 2.05 bits per heavy atom. The average Bonchev–Trinajstić information content (AvgIpc) is 2.63. The molecule has 1 aromatic rings. The topological polar surface area (TPSA) is 55.1 Å². The summed E-state index contributed by atoms with van der Waals surface area (Å²) in [5, 5.41) is 3.25. The van der Waals surface area contributed by atoms with Crippen molar-refractivity contribution in [2.24, 2.45) is 5.92 Å². The standard InChI is InChI=1S/C12H17F3N2OS2/c1-6(2)8(18)9-7(16)10(19-3)11(20-9)17-5-4-12(13,14)15/h6,17H,4-5,16H2,1-3H3. The second kappa shape index (κ2) is 6.71. The number of anilines is 2. The Morgan fingerprint density at radius 3 is 2.50 bits per heavy atom. The van der Waals surface area contributed by atoms with E-state index in [2.05, 4.69) is 5.32 Å². The zero-order chi connectivity index (χ0) is 15.5. The summed E-state index contributed by atoms with van der Waals surface area (Å²) in [5.74, 6) is -0.291. The van der Waals surface area contributed by atoms with E-state index >= 15 is 0 Å². The molecule has 0 saturated carbocycles. The third-order valence-corrected chi connectivity index (χ3v) is 4.69. The Balaban J connectivity index is 2.91. The normalized spacial score (nSPS) is 11.9. The second-order valence-electron chi connectivity index (χ2n) is 4.52. The van der Waals surface area contributed by atoms with Crippen LogP contribution in [0.3, 0.4) is 0 Å². The quantitative estimate of drug-likeness (QED) is 0.606. The van der Waals surface area contributed by atoms with Crippen LogP contribution in [-0.4, -0.2) is 24.8 Å². The van der Waals surface area contributed by atoms with Crippen molar-refractivity contribution in [3.05, 3.63) is 4.88 Å². The van der Waals surface area contributed by atoms with Gasteiger partial charge in [0.05, 0.1) is 21.9 Å². The zero-order valence-electron chi connectivity index (χ0n) is 11.4. The summed E-state index contributed by atoms with van der Waals surface area (Å²) in [6.45, 7) is 3.29. The van der Waals surface area contributed by atoms with Crippen LogP contribution in [0.1, 0.15) is 29.9 Å². The lowest BCUT2D eigenvalue weighted by molar-refractivity contribution is -0.131. The van der Waals surface area contributed by atoms with Gasteiger partial charge in [-0.1, -0.05) is 13.8 Å². The molecular weight excluding hydrogens is 309 g/mol. The van der Waals surface area contributed by atoms with Crippen molar-refractivity contribution in [2.75, 3.05) is 23.9 Å². The summed E-state index contributed by atoms with van der Waals surface area (Å²) < 4.78 is 36.4. The molecule has 0 aliphatic heterocycles. The van der Waals surface area contributed by atoms with Crippen LogP contribution in [0.15, 0.2) is 4.90 Å². The van der Waals surface area contributed by atoms with Crippen LogP contribution in [0, 0.1) is 5.92 Å². The zero-order valence-corrected chi connectivity index (χ0v) is 13.1. The molecule has 3 nitrogen and oxygen atoms in total. The molecule has 1 aromatic heterocycles. The third-order valence-electron chi connectivity index (χ3n) is 2.55. The molecule has 0 aromatic carbocycles. The van der Waals surface area contributed by atoms with E-state index in [1.54, 1.807) is 20.1 Å².